The summed E-state index contributed by atoms with van der Waals surface area (Å²) < 4.78 is 5.68. The maximum atomic E-state index is 10.0. The van der Waals surface area contributed by atoms with E-state index in [-0.39, 0.29) is 5.69 Å². The molecule has 0 radical (unpaired) electrons. The van der Waals surface area contributed by atoms with Crippen molar-refractivity contribution in [1.29, 1.82) is 0 Å². The van der Waals surface area contributed by atoms with Crippen molar-refractivity contribution in [2.45, 2.75) is 19.8 Å². The molecule has 3 rings (SSSR count). The van der Waals surface area contributed by atoms with Crippen molar-refractivity contribution < 1.29 is 4.74 Å². The molecule has 2 aromatic rings. The number of anilines is 2. The Bertz CT molecular complexity index is 687. The molecule has 21 heavy (non-hydrogen) atoms. The summed E-state index contributed by atoms with van der Waals surface area (Å²) in [7, 11) is 2.13. The molecule has 0 unspecified atom stereocenters. The normalized spacial score (nSPS) is 13.7. The molecule has 0 spiro atoms. The van der Waals surface area contributed by atoms with Crippen LogP contribution in [0.2, 0.25) is 0 Å². The van der Waals surface area contributed by atoms with Crippen molar-refractivity contribution in [3.05, 3.63) is 50.3 Å². The molecule has 1 heterocycles. The first-order valence-electron chi connectivity index (χ1n) is 7.05. The van der Waals surface area contributed by atoms with Crippen molar-refractivity contribution in [2.75, 3.05) is 30.8 Å². The molecule has 0 saturated heterocycles. The van der Waals surface area contributed by atoms with Crippen LogP contribution in [-0.2, 0) is 6.42 Å². The average molecular weight is 288 g/mol. The molecular weight excluding hydrogens is 268 g/mol. The third-order valence-electron chi connectivity index (χ3n) is 3.51. The summed E-state index contributed by atoms with van der Waals surface area (Å²) in [4.78, 5) is 22.2. The standard InChI is InChI=1S/C12H17NO.C4H3NO2/c1-3-10-5-6-12-11(9-10)13(2)7-4-8-14-12;5-2-1-3(6)4(2)7/h5-6,9H,3-4,7-8H2,1-2H3;1H,5H2. The van der Waals surface area contributed by atoms with E-state index in [4.69, 9.17) is 10.5 Å². The van der Waals surface area contributed by atoms with Crippen LogP contribution in [0.1, 0.15) is 18.9 Å². The summed E-state index contributed by atoms with van der Waals surface area (Å²) in [5.41, 5.74) is 6.55. The maximum Gasteiger partial charge on any atom is 0.248 e. The number of benzene rings is 1. The molecule has 2 aromatic carbocycles. The Kier molecular flexibility index (Phi) is 4.62. The van der Waals surface area contributed by atoms with Gasteiger partial charge in [-0.15, -0.1) is 0 Å². The van der Waals surface area contributed by atoms with Gasteiger partial charge in [-0.2, -0.15) is 0 Å². The quantitative estimate of drug-likeness (QED) is 0.802. The minimum absolute atomic E-state index is 0.0741. The fourth-order valence-corrected chi connectivity index (χ4v) is 2.14. The number of hydrogen-bond donors (Lipinski definition) is 1. The fraction of sp³-hybridized carbons (Fsp3) is 0.375. The van der Waals surface area contributed by atoms with Gasteiger partial charge in [0.05, 0.1) is 18.0 Å². The molecule has 0 saturated carbocycles. The van der Waals surface area contributed by atoms with Gasteiger partial charge in [0.15, 0.2) is 0 Å². The molecule has 0 atom stereocenters. The van der Waals surface area contributed by atoms with E-state index < -0.39 is 10.9 Å². The minimum Gasteiger partial charge on any atom is -0.491 e. The van der Waals surface area contributed by atoms with E-state index in [0.717, 1.165) is 37.8 Å². The van der Waals surface area contributed by atoms with Crippen molar-refractivity contribution >= 4 is 11.4 Å². The Hall–Kier alpha value is -2.30. The first kappa shape index (κ1) is 15.1. The fourth-order valence-electron chi connectivity index (χ4n) is 2.14. The summed E-state index contributed by atoms with van der Waals surface area (Å²) >= 11 is 0. The first-order valence-corrected chi connectivity index (χ1v) is 7.05. The zero-order chi connectivity index (χ0) is 15.4. The lowest BCUT2D eigenvalue weighted by Gasteiger charge is -2.18. The van der Waals surface area contributed by atoms with Crippen LogP contribution in [0.15, 0.2) is 33.9 Å². The van der Waals surface area contributed by atoms with Crippen molar-refractivity contribution in [1.82, 2.24) is 0 Å². The summed E-state index contributed by atoms with van der Waals surface area (Å²) in [5.74, 6) is 1.03. The minimum atomic E-state index is -0.556. The van der Waals surface area contributed by atoms with Crippen LogP contribution in [-0.4, -0.2) is 20.2 Å². The van der Waals surface area contributed by atoms with Gasteiger partial charge in [0, 0.05) is 19.7 Å². The highest BCUT2D eigenvalue weighted by molar-refractivity contribution is 5.60. The molecule has 0 aliphatic carbocycles. The Morgan fingerprint density at radius 3 is 2.57 bits per heavy atom. The van der Waals surface area contributed by atoms with E-state index in [1.54, 1.807) is 0 Å². The number of hydrogen-bond acceptors (Lipinski definition) is 5. The highest BCUT2D eigenvalue weighted by Gasteiger charge is 2.12. The lowest BCUT2D eigenvalue weighted by Crippen LogP contribution is -2.31. The second-order valence-electron chi connectivity index (χ2n) is 5.07. The number of fused-ring (bicyclic) bond motifs is 1. The molecule has 0 amide bonds. The SMILES string of the molecule is CCc1ccc2c(c1)N(C)CCCO2.Nc1cc(=O)c1=O. The van der Waals surface area contributed by atoms with Gasteiger partial charge < -0.3 is 15.4 Å². The van der Waals surface area contributed by atoms with Gasteiger partial charge in [-0.3, -0.25) is 9.59 Å². The van der Waals surface area contributed by atoms with Crippen LogP contribution in [0.25, 0.3) is 0 Å². The number of ether oxygens (including phenoxy) is 1. The molecule has 1 aliphatic rings. The second-order valence-corrected chi connectivity index (χ2v) is 5.07. The van der Waals surface area contributed by atoms with E-state index in [2.05, 4.69) is 37.1 Å². The lowest BCUT2D eigenvalue weighted by atomic mass is 10.1. The summed E-state index contributed by atoms with van der Waals surface area (Å²) in [6.07, 6.45) is 2.19. The highest BCUT2D eigenvalue weighted by atomic mass is 16.5. The maximum absolute atomic E-state index is 10.0. The largest absolute Gasteiger partial charge is 0.491 e. The van der Waals surface area contributed by atoms with Crippen LogP contribution in [0.4, 0.5) is 11.4 Å². The van der Waals surface area contributed by atoms with Gasteiger partial charge in [0.1, 0.15) is 5.75 Å². The number of rotatable bonds is 1. The molecule has 2 N–H and O–H groups in total. The lowest BCUT2D eigenvalue weighted by molar-refractivity contribution is 0.322. The van der Waals surface area contributed by atoms with Crippen molar-refractivity contribution in [3.63, 3.8) is 0 Å². The number of nitrogens with zero attached hydrogens (tertiary/aromatic N) is 1. The predicted molar refractivity (Wildman–Crippen MR) is 85.0 cm³/mol. The summed E-state index contributed by atoms with van der Waals surface area (Å²) in [6, 6.07) is 7.59. The smallest absolute Gasteiger partial charge is 0.248 e. The molecule has 0 fully saturated rings. The van der Waals surface area contributed by atoms with Crippen LogP contribution in [0.5, 0.6) is 5.75 Å². The highest BCUT2D eigenvalue weighted by Crippen LogP contribution is 2.30. The van der Waals surface area contributed by atoms with Crippen molar-refractivity contribution in [2.24, 2.45) is 0 Å². The van der Waals surface area contributed by atoms with Gasteiger partial charge in [-0.05, 0) is 30.5 Å². The molecule has 5 heteroatoms. The van der Waals surface area contributed by atoms with E-state index in [1.165, 1.54) is 11.3 Å². The van der Waals surface area contributed by atoms with Crippen LogP contribution >= 0.6 is 0 Å². The molecule has 0 bridgehead atoms. The first-order chi connectivity index (χ1) is 10.0. The van der Waals surface area contributed by atoms with E-state index in [9.17, 15) is 9.59 Å². The van der Waals surface area contributed by atoms with Gasteiger partial charge in [0.25, 0.3) is 0 Å². The molecule has 1 aliphatic heterocycles. The second kappa shape index (κ2) is 6.43. The molecule has 5 nitrogen and oxygen atoms in total. The van der Waals surface area contributed by atoms with Crippen LogP contribution < -0.4 is 26.2 Å². The third-order valence-corrected chi connectivity index (χ3v) is 3.51. The average Bonchev–Trinajstić information content (AvgIpc) is 2.69. The number of nitrogen functional groups attached to an aromatic ring is 1. The van der Waals surface area contributed by atoms with Gasteiger partial charge >= 0.3 is 0 Å². The van der Waals surface area contributed by atoms with Gasteiger partial charge in [-0.1, -0.05) is 13.0 Å². The molecule has 112 valence electrons. The zero-order valence-corrected chi connectivity index (χ0v) is 12.4. The topological polar surface area (TPSA) is 72.6 Å². The van der Waals surface area contributed by atoms with Gasteiger partial charge in [0.2, 0.25) is 10.9 Å². The van der Waals surface area contributed by atoms with E-state index in [1.807, 2.05) is 0 Å². The third kappa shape index (κ3) is 3.42. The Morgan fingerprint density at radius 2 is 2.05 bits per heavy atom. The summed E-state index contributed by atoms with van der Waals surface area (Å²) in [5, 5.41) is 0. The van der Waals surface area contributed by atoms with Crippen molar-refractivity contribution in [3.8, 4) is 5.75 Å². The van der Waals surface area contributed by atoms with Crippen LogP contribution in [0.3, 0.4) is 0 Å². The molecular formula is C16H20N2O3. The van der Waals surface area contributed by atoms with Gasteiger partial charge in [-0.25, -0.2) is 0 Å². The zero-order valence-electron chi connectivity index (χ0n) is 12.4. The summed E-state index contributed by atoms with van der Waals surface area (Å²) in [6.45, 7) is 4.10. The monoisotopic (exact) mass is 288 g/mol. The van der Waals surface area contributed by atoms with E-state index in [0.29, 0.717) is 0 Å². The van der Waals surface area contributed by atoms with E-state index >= 15 is 0 Å². The number of nitrogens with two attached hydrogens (primary N) is 1. The van der Waals surface area contributed by atoms with Crippen LogP contribution in [0, 0.1) is 0 Å². The molecule has 0 aromatic heterocycles. The Balaban J connectivity index is 0.000000194. The Morgan fingerprint density at radius 1 is 1.29 bits per heavy atom. The Labute approximate surface area is 123 Å². The number of aryl methyl sites for hydroxylation is 1. The predicted octanol–water partition coefficient (Wildman–Crippen LogP) is 1.33.